The molecule has 0 aliphatic rings. The summed E-state index contributed by atoms with van der Waals surface area (Å²) in [6.07, 6.45) is -10.6. The highest BCUT2D eigenvalue weighted by Crippen LogP contribution is 2.27. The van der Waals surface area contributed by atoms with E-state index in [1.165, 1.54) is 12.1 Å². The third-order valence-electron chi connectivity index (χ3n) is 3.25. The molecule has 2 amide bonds. The molecule has 0 bridgehead atoms. The molecule has 7 nitrogen and oxygen atoms in total. The fourth-order valence-electron chi connectivity index (χ4n) is 2.04. The average Bonchev–Trinajstić information content (AvgIpc) is 2.69. The van der Waals surface area contributed by atoms with Crippen molar-refractivity contribution in [3.63, 3.8) is 0 Å². The van der Waals surface area contributed by atoms with E-state index in [4.69, 9.17) is 0 Å². The molecule has 2 aromatic carbocycles. The highest BCUT2D eigenvalue weighted by Gasteiger charge is 2.30. The zero-order valence-corrected chi connectivity index (χ0v) is 15.3. The SMILES string of the molecule is O=C(Nc1ccccc1)ONC(=O)c1cc(OCC(F)(F)F)ccc1OCC(F)(F)F. The summed E-state index contributed by atoms with van der Waals surface area (Å²) in [6, 6.07) is 10.3. The molecule has 0 saturated heterocycles. The summed E-state index contributed by atoms with van der Waals surface area (Å²) in [6.45, 7) is -3.47. The highest BCUT2D eigenvalue weighted by molar-refractivity contribution is 5.97. The van der Waals surface area contributed by atoms with E-state index in [1.54, 1.807) is 23.7 Å². The minimum atomic E-state index is -4.74. The number of halogens is 6. The van der Waals surface area contributed by atoms with Crippen LogP contribution in [0.15, 0.2) is 48.5 Å². The van der Waals surface area contributed by atoms with Crippen LogP contribution in [-0.2, 0) is 4.84 Å². The standard InChI is InChI=1S/C18H14F6N2O5/c19-17(20,21)9-29-12-6-7-14(30-10-18(22,23)24)13(8-12)15(27)26-31-16(28)25-11-4-2-1-3-5-11/h1-8H,9-10H2,(H,25,28)(H,26,27). The van der Waals surface area contributed by atoms with Crippen LogP contribution in [0.2, 0.25) is 0 Å². The number of ether oxygens (including phenoxy) is 2. The Kier molecular flexibility index (Phi) is 7.56. The van der Waals surface area contributed by atoms with Gasteiger partial charge >= 0.3 is 18.4 Å². The van der Waals surface area contributed by atoms with Crippen molar-refractivity contribution in [3.05, 3.63) is 54.1 Å². The van der Waals surface area contributed by atoms with Crippen LogP contribution >= 0.6 is 0 Å². The molecule has 0 aromatic heterocycles. The van der Waals surface area contributed by atoms with E-state index in [0.29, 0.717) is 11.8 Å². The van der Waals surface area contributed by atoms with E-state index in [-0.39, 0.29) is 0 Å². The molecule has 2 rings (SSSR count). The molecule has 2 aromatic rings. The maximum atomic E-state index is 12.4. The lowest BCUT2D eigenvalue weighted by Crippen LogP contribution is -2.30. The zero-order chi connectivity index (χ0) is 23.1. The number of alkyl halides is 6. The molecule has 13 heteroatoms. The topological polar surface area (TPSA) is 85.9 Å². The first-order chi connectivity index (χ1) is 14.4. The average molecular weight is 452 g/mol. The molecular formula is C18H14F6N2O5. The summed E-state index contributed by atoms with van der Waals surface area (Å²) < 4.78 is 83.1. The van der Waals surface area contributed by atoms with Crippen LogP contribution in [0.25, 0.3) is 0 Å². The summed E-state index contributed by atoms with van der Waals surface area (Å²) in [4.78, 5) is 28.4. The Morgan fingerprint density at radius 1 is 0.839 bits per heavy atom. The first-order valence-corrected chi connectivity index (χ1v) is 8.29. The molecule has 0 saturated carbocycles. The summed E-state index contributed by atoms with van der Waals surface area (Å²) in [5, 5.41) is 2.25. The maximum absolute atomic E-state index is 12.4. The lowest BCUT2D eigenvalue weighted by atomic mass is 10.2. The fourth-order valence-corrected chi connectivity index (χ4v) is 2.04. The van der Waals surface area contributed by atoms with Gasteiger partial charge in [-0.25, -0.2) is 4.79 Å². The van der Waals surface area contributed by atoms with Crippen LogP contribution < -0.4 is 20.3 Å². The van der Waals surface area contributed by atoms with E-state index < -0.39 is 54.6 Å². The number of carbonyl (C=O) groups is 2. The molecule has 0 radical (unpaired) electrons. The van der Waals surface area contributed by atoms with Gasteiger partial charge in [-0.3, -0.25) is 10.1 Å². The van der Waals surface area contributed by atoms with Gasteiger partial charge in [0.1, 0.15) is 11.5 Å². The van der Waals surface area contributed by atoms with Gasteiger partial charge in [0.05, 0.1) is 5.56 Å². The monoisotopic (exact) mass is 452 g/mol. The normalized spacial score (nSPS) is 11.4. The second-order valence-corrected chi connectivity index (χ2v) is 5.78. The van der Waals surface area contributed by atoms with Crippen molar-refractivity contribution in [2.75, 3.05) is 18.5 Å². The van der Waals surface area contributed by atoms with Crippen LogP contribution in [0.1, 0.15) is 10.4 Å². The molecule has 2 N–H and O–H groups in total. The smallest absolute Gasteiger partial charge is 0.436 e. The van der Waals surface area contributed by atoms with Gasteiger partial charge in [0, 0.05) is 5.69 Å². The van der Waals surface area contributed by atoms with Gasteiger partial charge in [0.2, 0.25) is 0 Å². The number of hydrogen-bond donors (Lipinski definition) is 2. The molecule has 31 heavy (non-hydrogen) atoms. The van der Waals surface area contributed by atoms with Crippen molar-refractivity contribution in [2.24, 2.45) is 0 Å². The number of para-hydroxylation sites is 1. The predicted octanol–water partition coefficient (Wildman–Crippen LogP) is 4.46. The second kappa shape index (κ2) is 9.91. The summed E-state index contributed by atoms with van der Waals surface area (Å²) >= 11 is 0. The third kappa shape index (κ3) is 8.72. The summed E-state index contributed by atoms with van der Waals surface area (Å²) in [7, 11) is 0. The van der Waals surface area contributed by atoms with Crippen LogP contribution in [-0.4, -0.2) is 37.6 Å². The van der Waals surface area contributed by atoms with Gasteiger partial charge in [-0.1, -0.05) is 18.2 Å². The van der Waals surface area contributed by atoms with Gasteiger partial charge in [-0.15, -0.1) is 0 Å². The van der Waals surface area contributed by atoms with Gasteiger partial charge < -0.3 is 14.3 Å². The summed E-state index contributed by atoms with van der Waals surface area (Å²) in [5.41, 5.74) is 1.33. The highest BCUT2D eigenvalue weighted by atomic mass is 19.4. The zero-order valence-electron chi connectivity index (χ0n) is 15.3. The number of hydrogen-bond acceptors (Lipinski definition) is 5. The van der Waals surface area contributed by atoms with Gasteiger partial charge in [-0.2, -0.15) is 31.8 Å². The van der Waals surface area contributed by atoms with E-state index in [1.807, 2.05) is 0 Å². The first-order valence-electron chi connectivity index (χ1n) is 8.29. The number of anilines is 1. The minimum absolute atomic E-state index is 0.318. The predicted molar refractivity (Wildman–Crippen MR) is 93.6 cm³/mol. The van der Waals surface area contributed by atoms with Crippen molar-refractivity contribution in [1.82, 2.24) is 5.48 Å². The Morgan fingerprint density at radius 3 is 2.06 bits per heavy atom. The molecule has 0 aliphatic heterocycles. The Hall–Kier alpha value is -3.64. The van der Waals surface area contributed by atoms with Crippen molar-refractivity contribution in [2.45, 2.75) is 12.4 Å². The molecule has 0 atom stereocenters. The summed E-state index contributed by atoms with van der Waals surface area (Å²) in [5.74, 6) is -2.37. The van der Waals surface area contributed by atoms with Crippen LogP contribution in [0.5, 0.6) is 11.5 Å². The van der Waals surface area contributed by atoms with Crippen LogP contribution in [0, 0.1) is 0 Å². The van der Waals surface area contributed by atoms with E-state index in [2.05, 4.69) is 19.6 Å². The van der Waals surface area contributed by atoms with Gasteiger partial charge in [-0.05, 0) is 30.3 Å². The van der Waals surface area contributed by atoms with Crippen LogP contribution in [0.3, 0.4) is 0 Å². The van der Waals surface area contributed by atoms with Gasteiger partial charge in [0.25, 0.3) is 5.91 Å². The van der Waals surface area contributed by atoms with Crippen molar-refractivity contribution < 1.29 is 50.2 Å². The molecule has 0 unspecified atom stereocenters. The number of benzene rings is 2. The van der Waals surface area contributed by atoms with Crippen molar-refractivity contribution in [1.29, 1.82) is 0 Å². The minimum Gasteiger partial charge on any atom is -0.484 e. The van der Waals surface area contributed by atoms with E-state index >= 15 is 0 Å². The van der Waals surface area contributed by atoms with Crippen molar-refractivity contribution in [3.8, 4) is 11.5 Å². The maximum Gasteiger partial charge on any atom is 0.436 e. The number of rotatable bonds is 6. The number of hydroxylamine groups is 1. The largest absolute Gasteiger partial charge is 0.484 e. The fraction of sp³-hybridized carbons (Fsp3) is 0.222. The Balaban J connectivity index is 2.10. The van der Waals surface area contributed by atoms with Crippen LogP contribution in [0.4, 0.5) is 36.8 Å². The molecule has 168 valence electrons. The number of amides is 2. The Labute approximate surface area is 170 Å². The lowest BCUT2D eigenvalue weighted by molar-refractivity contribution is -0.154. The quantitative estimate of drug-likeness (QED) is 0.499. The Morgan fingerprint density at radius 2 is 1.45 bits per heavy atom. The molecule has 0 spiro atoms. The molecule has 0 fully saturated rings. The Bertz CT molecular complexity index is 903. The molecule has 0 aliphatic carbocycles. The number of nitrogens with one attached hydrogen (secondary N) is 2. The second-order valence-electron chi connectivity index (χ2n) is 5.78. The van der Waals surface area contributed by atoms with Gasteiger partial charge in [0.15, 0.2) is 13.2 Å². The lowest BCUT2D eigenvalue weighted by Gasteiger charge is -2.15. The van der Waals surface area contributed by atoms with Crippen molar-refractivity contribution >= 4 is 17.7 Å². The van der Waals surface area contributed by atoms with E-state index in [9.17, 15) is 35.9 Å². The number of carbonyl (C=O) groups excluding carboxylic acids is 2. The molecular weight excluding hydrogens is 438 g/mol. The first kappa shape index (κ1) is 23.6. The van der Waals surface area contributed by atoms with E-state index in [0.717, 1.165) is 12.1 Å². The third-order valence-corrected chi connectivity index (χ3v) is 3.25. The molecule has 0 heterocycles.